The first-order valence-corrected chi connectivity index (χ1v) is 48.9. The Hall–Kier alpha value is -1.94. The molecule has 0 amide bonds. The van der Waals surface area contributed by atoms with Crippen LogP contribution in [0.5, 0.6) is 0 Å². The maximum atomic E-state index is 13.2. The summed E-state index contributed by atoms with van der Waals surface area (Å²) in [6.07, 6.45) is 70.9. The molecule has 6 atom stereocenters. The Kier molecular flexibility index (Phi) is 77.5. The van der Waals surface area contributed by atoms with Gasteiger partial charge in [0, 0.05) is 25.7 Å². The second-order valence-corrected chi connectivity index (χ2v) is 36.1. The average Bonchev–Trinajstić information content (AvgIpc) is 0.898. The zero-order valence-electron chi connectivity index (χ0n) is 71.3. The molecule has 0 aliphatic carbocycles. The van der Waals surface area contributed by atoms with Crippen LogP contribution in [0.1, 0.15) is 472 Å². The minimum absolute atomic E-state index is 0.107. The van der Waals surface area contributed by atoms with Crippen LogP contribution < -0.4 is 0 Å². The molecule has 17 nitrogen and oxygen atoms in total. The average molecular weight is 1580 g/mol. The van der Waals surface area contributed by atoms with Crippen LogP contribution in [0.4, 0.5) is 0 Å². The van der Waals surface area contributed by atoms with E-state index in [9.17, 15) is 43.2 Å². The van der Waals surface area contributed by atoms with Crippen LogP contribution in [-0.2, 0) is 65.4 Å². The summed E-state index contributed by atoms with van der Waals surface area (Å²) in [5.41, 5.74) is 0. The molecule has 3 N–H and O–H groups in total. The zero-order chi connectivity index (χ0) is 79.3. The number of phosphoric ester groups is 2. The molecular formula is C89H174O17P2. The fraction of sp³-hybridized carbons (Fsp3) is 0.955. The molecule has 0 radical (unpaired) electrons. The van der Waals surface area contributed by atoms with Gasteiger partial charge in [-0.2, -0.15) is 0 Å². The van der Waals surface area contributed by atoms with Crippen molar-refractivity contribution in [3.05, 3.63) is 0 Å². The molecule has 0 saturated carbocycles. The predicted octanol–water partition coefficient (Wildman–Crippen LogP) is 27.3. The van der Waals surface area contributed by atoms with E-state index in [0.717, 1.165) is 108 Å². The zero-order valence-corrected chi connectivity index (χ0v) is 73.1. The van der Waals surface area contributed by atoms with E-state index in [1.807, 2.05) is 0 Å². The van der Waals surface area contributed by atoms with E-state index >= 15 is 0 Å². The summed E-state index contributed by atoms with van der Waals surface area (Å²) in [5.74, 6) is 0.379. The Balaban J connectivity index is 5.20. The third-order valence-electron chi connectivity index (χ3n) is 21.2. The van der Waals surface area contributed by atoms with Crippen molar-refractivity contribution >= 4 is 39.5 Å². The molecule has 0 fully saturated rings. The number of carbonyl (C=O) groups excluding carboxylic acids is 4. The first-order valence-electron chi connectivity index (χ1n) is 45.9. The molecule has 0 heterocycles. The summed E-state index contributed by atoms with van der Waals surface area (Å²) in [6, 6.07) is 0. The van der Waals surface area contributed by atoms with Gasteiger partial charge in [0.25, 0.3) is 0 Å². The Morgan fingerprint density at radius 1 is 0.269 bits per heavy atom. The van der Waals surface area contributed by atoms with Crippen molar-refractivity contribution in [1.29, 1.82) is 0 Å². The monoisotopic (exact) mass is 1580 g/mol. The second-order valence-electron chi connectivity index (χ2n) is 33.2. The van der Waals surface area contributed by atoms with Gasteiger partial charge in [-0.15, -0.1) is 0 Å². The van der Waals surface area contributed by atoms with Crippen LogP contribution in [-0.4, -0.2) is 96.7 Å². The fourth-order valence-corrected chi connectivity index (χ4v) is 15.4. The van der Waals surface area contributed by atoms with Crippen LogP contribution in [0.3, 0.4) is 0 Å². The largest absolute Gasteiger partial charge is 0.472 e. The molecule has 0 bridgehead atoms. The summed E-state index contributed by atoms with van der Waals surface area (Å²) >= 11 is 0. The van der Waals surface area contributed by atoms with Crippen molar-refractivity contribution in [2.24, 2.45) is 17.8 Å². The van der Waals surface area contributed by atoms with Crippen LogP contribution in [0.15, 0.2) is 0 Å². The summed E-state index contributed by atoms with van der Waals surface area (Å²) < 4.78 is 68.9. The Bertz CT molecular complexity index is 2080. The van der Waals surface area contributed by atoms with E-state index in [1.54, 1.807) is 0 Å². The molecule has 0 aliphatic rings. The van der Waals surface area contributed by atoms with Gasteiger partial charge in [-0.25, -0.2) is 9.13 Å². The summed E-state index contributed by atoms with van der Waals surface area (Å²) in [6.45, 7) is 12.1. The van der Waals surface area contributed by atoms with Gasteiger partial charge in [-0.05, 0) is 43.4 Å². The van der Waals surface area contributed by atoms with Gasteiger partial charge in [0.2, 0.25) is 0 Å². The van der Waals surface area contributed by atoms with E-state index in [-0.39, 0.29) is 25.7 Å². The Morgan fingerprint density at radius 2 is 0.472 bits per heavy atom. The predicted molar refractivity (Wildman–Crippen MR) is 446 cm³/mol. The van der Waals surface area contributed by atoms with E-state index in [1.165, 1.54) is 283 Å². The van der Waals surface area contributed by atoms with Gasteiger partial charge in [0.1, 0.15) is 19.3 Å². The molecule has 19 heteroatoms. The first-order chi connectivity index (χ1) is 52.3. The summed E-state index contributed by atoms with van der Waals surface area (Å²) in [4.78, 5) is 73.2. The molecular weight excluding hydrogens is 1400 g/mol. The molecule has 0 saturated heterocycles. The number of phosphoric acid groups is 2. The number of ether oxygens (including phenoxy) is 4. The second kappa shape index (κ2) is 78.9. The maximum absolute atomic E-state index is 13.2. The number of aliphatic hydroxyl groups excluding tert-OH is 1. The lowest BCUT2D eigenvalue weighted by Gasteiger charge is -2.21. The highest BCUT2D eigenvalue weighted by Crippen LogP contribution is 2.45. The molecule has 0 aromatic carbocycles. The topological polar surface area (TPSA) is 237 Å². The molecule has 0 aromatic rings. The minimum Gasteiger partial charge on any atom is -0.462 e. The van der Waals surface area contributed by atoms with Gasteiger partial charge in [-0.3, -0.25) is 37.3 Å². The molecule has 0 spiro atoms. The van der Waals surface area contributed by atoms with Gasteiger partial charge >= 0.3 is 39.5 Å². The third-order valence-corrected chi connectivity index (χ3v) is 23.1. The van der Waals surface area contributed by atoms with Gasteiger partial charge < -0.3 is 33.8 Å². The quantitative estimate of drug-likeness (QED) is 0.0222. The molecule has 0 rings (SSSR count). The Morgan fingerprint density at radius 3 is 0.704 bits per heavy atom. The SMILES string of the molecule is CCCCCCCCCCCC(=O)OC[C@H](COP(=O)(O)OC[C@H](O)COP(=O)(O)OC[C@@H](COC(=O)CCCCCCCCCCCCCCCCCCCCC(C)C)OC(=O)CCCCCCCCCCCCCCCCCCCCC(C)CC)OC(=O)CCCCCCCCCCCCCCCC(C)C. The lowest BCUT2D eigenvalue weighted by molar-refractivity contribution is -0.161. The molecule has 3 unspecified atom stereocenters. The number of esters is 4. The molecule has 108 heavy (non-hydrogen) atoms. The van der Waals surface area contributed by atoms with E-state index < -0.39 is 97.5 Å². The smallest absolute Gasteiger partial charge is 0.462 e. The third kappa shape index (κ3) is 80.7. The first kappa shape index (κ1) is 106. The number of carbonyl (C=O) groups is 4. The molecule has 0 aliphatic heterocycles. The van der Waals surface area contributed by atoms with Crippen LogP contribution in [0.25, 0.3) is 0 Å². The van der Waals surface area contributed by atoms with Crippen molar-refractivity contribution in [1.82, 2.24) is 0 Å². The van der Waals surface area contributed by atoms with E-state index in [4.69, 9.17) is 37.0 Å². The number of hydrogen-bond donors (Lipinski definition) is 3. The summed E-state index contributed by atoms with van der Waals surface area (Å²) in [7, 11) is -9.93. The number of rotatable bonds is 87. The van der Waals surface area contributed by atoms with Crippen molar-refractivity contribution in [2.75, 3.05) is 39.6 Å². The van der Waals surface area contributed by atoms with Gasteiger partial charge in [0.15, 0.2) is 12.2 Å². The molecule has 0 aromatic heterocycles. The van der Waals surface area contributed by atoms with Crippen molar-refractivity contribution in [3.8, 4) is 0 Å². The number of unbranched alkanes of at least 4 members (excludes halogenated alkanes) is 54. The number of hydrogen-bond acceptors (Lipinski definition) is 15. The highest BCUT2D eigenvalue weighted by Gasteiger charge is 2.31. The summed E-state index contributed by atoms with van der Waals surface area (Å²) in [5, 5.41) is 10.7. The standard InChI is InChI=1S/C89H174O17P2/c1-8-10-11-12-13-39-49-56-63-70-86(91)99-76-84(105-89(94)73-66-59-52-45-38-32-26-28-34-41-47-54-61-68-81(5)6)78-103-107(95,96)101-74-83(90)75-102-108(97,98)104-79-85(77-100-87(92)71-64-57-50-43-36-30-24-20-16-14-18-22-27-33-40-46-53-60-67-80(3)4)106-88(93)72-65-58-51-44-37-31-25-21-17-15-19-23-29-35-42-48-55-62-69-82(7)9-2/h80-85,90H,8-79H2,1-7H3,(H,95,96)(H,97,98)/t82?,83-,84+,85+/m0/s1. The normalized spacial score (nSPS) is 14.1. The van der Waals surface area contributed by atoms with E-state index in [2.05, 4.69) is 48.5 Å². The van der Waals surface area contributed by atoms with E-state index in [0.29, 0.717) is 25.7 Å². The minimum atomic E-state index is -4.97. The lowest BCUT2D eigenvalue weighted by atomic mass is 9.99. The maximum Gasteiger partial charge on any atom is 0.472 e. The van der Waals surface area contributed by atoms with Crippen LogP contribution in [0, 0.1) is 17.8 Å². The van der Waals surface area contributed by atoms with Crippen LogP contribution in [0.2, 0.25) is 0 Å². The van der Waals surface area contributed by atoms with Crippen molar-refractivity contribution in [3.63, 3.8) is 0 Å². The lowest BCUT2D eigenvalue weighted by Crippen LogP contribution is -2.30. The van der Waals surface area contributed by atoms with Gasteiger partial charge in [0.05, 0.1) is 26.4 Å². The highest BCUT2D eigenvalue weighted by atomic mass is 31.2. The van der Waals surface area contributed by atoms with Gasteiger partial charge in [-0.1, -0.05) is 421 Å². The fourth-order valence-electron chi connectivity index (χ4n) is 13.9. The van der Waals surface area contributed by atoms with Crippen LogP contribution >= 0.6 is 15.6 Å². The van der Waals surface area contributed by atoms with Crippen molar-refractivity contribution in [2.45, 2.75) is 491 Å². The molecule has 642 valence electrons. The van der Waals surface area contributed by atoms with Crippen molar-refractivity contribution < 1.29 is 80.2 Å². The Labute approximate surface area is 664 Å². The highest BCUT2D eigenvalue weighted by molar-refractivity contribution is 7.47. The number of aliphatic hydroxyl groups is 1.